The second-order valence-corrected chi connectivity index (χ2v) is 4.82. The van der Waals surface area contributed by atoms with Gasteiger partial charge < -0.3 is 9.84 Å². The van der Waals surface area contributed by atoms with Crippen LogP contribution in [0.1, 0.15) is 25.8 Å². The normalized spacial score (nSPS) is 13.3. The maximum absolute atomic E-state index is 11.9. The molecule has 0 aromatic heterocycles. The van der Waals surface area contributed by atoms with E-state index in [1.807, 2.05) is 37.3 Å². The molecule has 0 unspecified atom stereocenters. The zero-order valence-corrected chi connectivity index (χ0v) is 12.1. The van der Waals surface area contributed by atoms with Gasteiger partial charge >= 0.3 is 12.1 Å². The molecule has 0 radical (unpaired) electrons. The van der Waals surface area contributed by atoms with Gasteiger partial charge in [-0.25, -0.2) is 9.59 Å². The molecule has 1 aromatic carbocycles. The second-order valence-electron chi connectivity index (χ2n) is 4.82. The highest BCUT2D eigenvalue weighted by molar-refractivity contribution is 5.80. The van der Waals surface area contributed by atoms with E-state index in [2.05, 4.69) is 0 Å². The fourth-order valence-corrected chi connectivity index (χ4v) is 1.95. The highest BCUT2D eigenvalue weighted by atomic mass is 16.6. The SMILES string of the molecule is CC[C@H](C)[C@H](C(=O)O)N(C)C(=O)OCc1ccccc1. The number of carbonyl (C=O) groups is 2. The van der Waals surface area contributed by atoms with Crippen LogP contribution in [-0.4, -0.2) is 35.2 Å². The highest BCUT2D eigenvalue weighted by Gasteiger charge is 2.31. The molecule has 1 N–H and O–H groups in total. The molecular formula is C15H21NO4. The topological polar surface area (TPSA) is 66.8 Å². The molecule has 0 aliphatic heterocycles. The van der Waals surface area contributed by atoms with Crippen molar-refractivity contribution in [3.63, 3.8) is 0 Å². The van der Waals surface area contributed by atoms with Crippen molar-refractivity contribution in [3.05, 3.63) is 35.9 Å². The Kier molecular flexibility index (Phi) is 6.03. The minimum absolute atomic E-state index is 0.136. The van der Waals surface area contributed by atoms with Crippen molar-refractivity contribution < 1.29 is 19.4 Å². The lowest BCUT2D eigenvalue weighted by Crippen LogP contribution is -2.46. The number of carboxylic acids is 1. The average Bonchev–Trinajstić information content (AvgIpc) is 2.45. The van der Waals surface area contributed by atoms with E-state index in [0.717, 1.165) is 10.5 Å². The maximum Gasteiger partial charge on any atom is 0.410 e. The summed E-state index contributed by atoms with van der Waals surface area (Å²) < 4.78 is 5.14. The molecule has 1 aromatic rings. The summed E-state index contributed by atoms with van der Waals surface area (Å²) in [5, 5.41) is 9.23. The van der Waals surface area contributed by atoms with Crippen LogP contribution in [0.5, 0.6) is 0 Å². The largest absolute Gasteiger partial charge is 0.480 e. The van der Waals surface area contributed by atoms with Gasteiger partial charge in [0, 0.05) is 7.05 Å². The molecule has 5 heteroatoms. The first-order chi connectivity index (χ1) is 9.47. The lowest BCUT2D eigenvalue weighted by atomic mass is 9.98. The number of hydrogen-bond donors (Lipinski definition) is 1. The van der Waals surface area contributed by atoms with Crippen molar-refractivity contribution in [3.8, 4) is 0 Å². The quantitative estimate of drug-likeness (QED) is 0.869. The minimum Gasteiger partial charge on any atom is -0.480 e. The molecule has 5 nitrogen and oxygen atoms in total. The Balaban J connectivity index is 2.63. The molecule has 0 spiro atoms. The summed E-state index contributed by atoms with van der Waals surface area (Å²) in [5.74, 6) is -1.15. The summed E-state index contributed by atoms with van der Waals surface area (Å²) in [6, 6.07) is 8.40. The smallest absolute Gasteiger partial charge is 0.410 e. The van der Waals surface area contributed by atoms with Crippen molar-refractivity contribution in [2.75, 3.05) is 7.05 Å². The second kappa shape index (κ2) is 7.53. The number of carboxylic acid groups (broad SMARTS) is 1. The third kappa shape index (κ3) is 4.26. The van der Waals surface area contributed by atoms with Gasteiger partial charge in [-0.15, -0.1) is 0 Å². The van der Waals surface area contributed by atoms with Gasteiger partial charge in [-0.3, -0.25) is 4.90 Å². The van der Waals surface area contributed by atoms with E-state index in [4.69, 9.17) is 4.74 Å². The van der Waals surface area contributed by atoms with E-state index in [0.29, 0.717) is 6.42 Å². The van der Waals surface area contributed by atoms with Crippen LogP contribution in [0.25, 0.3) is 0 Å². The van der Waals surface area contributed by atoms with Gasteiger partial charge in [0.25, 0.3) is 0 Å². The molecule has 1 amide bonds. The van der Waals surface area contributed by atoms with Gasteiger partial charge in [0.2, 0.25) is 0 Å². The summed E-state index contributed by atoms with van der Waals surface area (Å²) >= 11 is 0. The van der Waals surface area contributed by atoms with Crippen molar-refractivity contribution in [1.29, 1.82) is 0 Å². The van der Waals surface area contributed by atoms with Crippen LogP contribution in [0.3, 0.4) is 0 Å². The number of benzene rings is 1. The molecule has 0 heterocycles. The summed E-state index contributed by atoms with van der Waals surface area (Å²) in [4.78, 5) is 24.3. The van der Waals surface area contributed by atoms with Crippen LogP contribution in [0.4, 0.5) is 4.79 Å². The van der Waals surface area contributed by atoms with Crippen LogP contribution in [-0.2, 0) is 16.1 Å². The first-order valence-electron chi connectivity index (χ1n) is 6.63. The van der Waals surface area contributed by atoms with E-state index in [1.54, 1.807) is 6.92 Å². The molecule has 0 bridgehead atoms. The summed E-state index contributed by atoms with van der Waals surface area (Å²) in [5.41, 5.74) is 0.865. The summed E-state index contributed by atoms with van der Waals surface area (Å²) in [7, 11) is 1.46. The Morgan fingerprint density at radius 1 is 1.30 bits per heavy atom. The van der Waals surface area contributed by atoms with Gasteiger partial charge in [-0.05, 0) is 11.5 Å². The summed E-state index contributed by atoms with van der Waals surface area (Å²) in [6.07, 6.45) is 0.0503. The number of likely N-dealkylation sites (N-methyl/N-ethyl adjacent to an activating group) is 1. The standard InChI is InChI=1S/C15H21NO4/c1-4-11(2)13(14(17)18)16(3)15(19)20-10-12-8-6-5-7-9-12/h5-9,11,13H,4,10H2,1-3H3,(H,17,18)/t11-,13+/m0/s1. The van der Waals surface area contributed by atoms with Gasteiger partial charge in [0.15, 0.2) is 0 Å². The van der Waals surface area contributed by atoms with Crippen molar-refractivity contribution in [2.45, 2.75) is 32.9 Å². The highest BCUT2D eigenvalue weighted by Crippen LogP contribution is 2.15. The lowest BCUT2D eigenvalue weighted by Gasteiger charge is -2.28. The molecule has 1 rings (SSSR count). The number of ether oxygens (including phenoxy) is 1. The number of hydrogen-bond acceptors (Lipinski definition) is 3. The Morgan fingerprint density at radius 2 is 1.90 bits per heavy atom. The third-order valence-electron chi connectivity index (χ3n) is 3.35. The van der Waals surface area contributed by atoms with Gasteiger partial charge in [0.1, 0.15) is 12.6 Å². The molecule has 20 heavy (non-hydrogen) atoms. The molecule has 0 aliphatic rings. The van der Waals surface area contributed by atoms with Crippen molar-refractivity contribution in [1.82, 2.24) is 4.90 Å². The van der Waals surface area contributed by atoms with Gasteiger partial charge in [-0.1, -0.05) is 50.6 Å². The van der Waals surface area contributed by atoms with E-state index in [-0.39, 0.29) is 12.5 Å². The minimum atomic E-state index is -1.02. The van der Waals surface area contributed by atoms with Crippen LogP contribution >= 0.6 is 0 Å². The van der Waals surface area contributed by atoms with Gasteiger partial charge in [0.05, 0.1) is 0 Å². The molecular weight excluding hydrogens is 258 g/mol. The molecule has 2 atom stereocenters. The lowest BCUT2D eigenvalue weighted by molar-refractivity contribution is -0.144. The Bertz CT molecular complexity index is 446. The molecule has 110 valence electrons. The fourth-order valence-electron chi connectivity index (χ4n) is 1.95. The molecule has 0 saturated heterocycles. The van der Waals surface area contributed by atoms with Crippen LogP contribution in [0, 0.1) is 5.92 Å². The van der Waals surface area contributed by atoms with Crippen LogP contribution < -0.4 is 0 Å². The zero-order chi connectivity index (χ0) is 15.1. The zero-order valence-electron chi connectivity index (χ0n) is 12.1. The number of rotatable bonds is 6. The first-order valence-corrected chi connectivity index (χ1v) is 6.63. The van der Waals surface area contributed by atoms with Crippen LogP contribution in [0.2, 0.25) is 0 Å². The van der Waals surface area contributed by atoms with E-state index < -0.39 is 18.1 Å². The predicted octanol–water partition coefficient (Wildman–Crippen LogP) is 2.75. The predicted molar refractivity (Wildman–Crippen MR) is 75.3 cm³/mol. The fraction of sp³-hybridized carbons (Fsp3) is 0.467. The average molecular weight is 279 g/mol. The monoisotopic (exact) mass is 279 g/mol. The van der Waals surface area contributed by atoms with E-state index in [1.165, 1.54) is 7.05 Å². The Hall–Kier alpha value is -2.04. The van der Waals surface area contributed by atoms with Gasteiger partial charge in [-0.2, -0.15) is 0 Å². The Morgan fingerprint density at radius 3 is 2.40 bits per heavy atom. The molecule has 0 fully saturated rings. The molecule has 0 aliphatic carbocycles. The first kappa shape index (κ1) is 16.0. The van der Waals surface area contributed by atoms with E-state index >= 15 is 0 Å². The molecule has 0 saturated carbocycles. The maximum atomic E-state index is 11.9. The third-order valence-corrected chi connectivity index (χ3v) is 3.35. The number of aliphatic carboxylic acids is 1. The number of carbonyl (C=O) groups excluding carboxylic acids is 1. The Labute approximate surface area is 119 Å². The summed E-state index contributed by atoms with van der Waals surface area (Å²) in [6.45, 7) is 3.83. The number of nitrogens with zero attached hydrogens (tertiary/aromatic N) is 1. The number of amides is 1. The van der Waals surface area contributed by atoms with Crippen molar-refractivity contribution in [2.24, 2.45) is 5.92 Å². The van der Waals surface area contributed by atoms with Crippen LogP contribution in [0.15, 0.2) is 30.3 Å². The van der Waals surface area contributed by atoms with Crippen molar-refractivity contribution >= 4 is 12.1 Å². The van der Waals surface area contributed by atoms with E-state index in [9.17, 15) is 14.7 Å².